The van der Waals surface area contributed by atoms with E-state index in [0.717, 1.165) is 29.7 Å². The lowest BCUT2D eigenvalue weighted by Crippen LogP contribution is -2.34. The lowest BCUT2D eigenvalue weighted by molar-refractivity contribution is 0.0600. The number of rotatable bonds is 6. The molecule has 1 aliphatic rings. The van der Waals surface area contributed by atoms with Crippen LogP contribution in [0.15, 0.2) is 60.7 Å². The minimum atomic E-state index is -0.426. The molecule has 0 saturated carbocycles. The first-order valence-corrected chi connectivity index (χ1v) is 12.2. The Morgan fingerprint density at radius 2 is 1.37 bits per heavy atom. The molecule has 0 heterocycles. The van der Waals surface area contributed by atoms with E-state index in [1.165, 1.54) is 18.2 Å². The second-order valence-corrected chi connectivity index (χ2v) is 10.5. The summed E-state index contributed by atoms with van der Waals surface area (Å²) in [7, 11) is 1.34. The average Bonchev–Trinajstić information content (AvgIpc) is 2.86. The number of benzene rings is 3. The summed E-state index contributed by atoms with van der Waals surface area (Å²) in [5.41, 5.74) is 6.05. The van der Waals surface area contributed by atoms with Crippen molar-refractivity contribution in [3.63, 3.8) is 0 Å². The molecular formula is C31H34O4. The molecule has 182 valence electrons. The highest BCUT2D eigenvalue weighted by atomic mass is 16.5. The van der Waals surface area contributed by atoms with Crippen molar-refractivity contribution in [2.75, 3.05) is 13.7 Å². The van der Waals surface area contributed by atoms with Crippen molar-refractivity contribution in [1.29, 1.82) is 0 Å². The molecule has 0 N–H and O–H groups in total. The molecular weight excluding hydrogens is 436 g/mol. The number of fused-ring (bicyclic) bond motifs is 1. The molecule has 1 aliphatic carbocycles. The van der Waals surface area contributed by atoms with Gasteiger partial charge in [0, 0.05) is 16.7 Å². The maximum absolute atomic E-state index is 13.6. The minimum Gasteiger partial charge on any atom is -0.493 e. The summed E-state index contributed by atoms with van der Waals surface area (Å²) in [5, 5.41) is 0. The summed E-state index contributed by atoms with van der Waals surface area (Å²) in [4.78, 5) is 25.4. The van der Waals surface area contributed by atoms with Crippen LogP contribution in [0.3, 0.4) is 0 Å². The summed E-state index contributed by atoms with van der Waals surface area (Å²) >= 11 is 0. The summed E-state index contributed by atoms with van der Waals surface area (Å²) in [6.07, 6.45) is 2.22. The maximum atomic E-state index is 13.6. The van der Waals surface area contributed by atoms with Crippen molar-refractivity contribution in [3.05, 3.63) is 88.5 Å². The third-order valence-corrected chi connectivity index (χ3v) is 7.28. The molecule has 0 unspecified atom stereocenters. The van der Waals surface area contributed by atoms with Crippen molar-refractivity contribution < 1.29 is 19.1 Å². The SMILES string of the molecule is CCOc1cc2c(cc1-c1ccccc1C(=O)c1ccc(C(=O)OC)cc1)C(C)(C)CCC2(C)C. The Morgan fingerprint density at radius 3 is 1.97 bits per heavy atom. The Balaban J connectivity index is 1.86. The van der Waals surface area contributed by atoms with Crippen molar-refractivity contribution >= 4 is 11.8 Å². The lowest BCUT2D eigenvalue weighted by atomic mass is 9.62. The third-order valence-electron chi connectivity index (χ3n) is 7.28. The van der Waals surface area contributed by atoms with Gasteiger partial charge in [-0.15, -0.1) is 0 Å². The number of ether oxygens (including phenoxy) is 2. The molecule has 0 spiro atoms. The molecule has 4 rings (SSSR count). The van der Waals surface area contributed by atoms with Gasteiger partial charge in [-0.25, -0.2) is 4.79 Å². The second kappa shape index (κ2) is 9.33. The van der Waals surface area contributed by atoms with Gasteiger partial charge in [-0.05, 0) is 71.6 Å². The van der Waals surface area contributed by atoms with E-state index >= 15 is 0 Å². The zero-order valence-corrected chi connectivity index (χ0v) is 21.5. The van der Waals surface area contributed by atoms with Crippen LogP contribution in [0.25, 0.3) is 11.1 Å². The zero-order valence-electron chi connectivity index (χ0n) is 21.5. The van der Waals surface area contributed by atoms with Gasteiger partial charge in [0.1, 0.15) is 5.75 Å². The highest BCUT2D eigenvalue weighted by Gasteiger charge is 2.38. The normalized spacial score (nSPS) is 15.7. The molecule has 0 aliphatic heterocycles. The predicted molar refractivity (Wildman–Crippen MR) is 140 cm³/mol. The minimum absolute atomic E-state index is 0.0347. The molecule has 0 radical (unpaired) electrons. The van der Waals surface area contributed by atoms with Gasteiger partial charge in [-0.3, -0.25) is 4.79 Å². The van der Waals surface area contributed by atoms with Crippen LogP contribution in [-0.2, 0) is 15.6 Å². The first kappa shape index (κ1) is 24.7. The Morgan fingerprint density at radius 1 is 0.800 bits per heavy atom. The molecule has 4 heteroatoms. The van der Waals surface area contributed by atoms with Crippen LogP contribution in [0.2, 0.25) is 0 Å². The van der Waals surface area contributed by atoms with Crippen molar-refractivity contribution in [2.45, 2.75) is 58.3 Å². The molecule has 0 saturated heterocycles. The number of methoxy groups -OCH3 is 1. The fourth-order valence-electron chi connectivity index (χ4n) is 5.03. The average molecular weight is 471 g/mol. The van der Waals surface area contributed by atoms with Crippen molar-refractivity contribution in [2.24, 2.45) is 0 Å². The summed E-state index contributed by atoms with van der Waals surface area (Å²) in [6, 6.07) is 18.7. The molecule has 0 bridgehead atoms. The predicted octanol–water partition coefficient (Wildman–Crippen LogP) is 7.12. The number of esters is 1. The topological polar surface area (TPSA) is 52.6 Å². The highest BCUT2D eigenvalue weighted by molar-refractivity contribution is 6.13. The number of carbonyl (C=O) groups is 2. The Labute approximate surface area is 208 Å². The van der Waals surface area contributed by atoms with E-state index in [1.807, 2.05) is 31.2 Å². The van der Waals surface area contributed by atoms with Gasteiger partial charge < -0.3 is 9.47 Å². The lowest BCUT2D eigenvalue weighted by Gasteiger charge is -2.42. The monoisotopic (exact) mass is 470 g/mol. The molecule has 3 aromatic rings. The summed E-state index contributed by atoms with van der Waals surface area (Å²) < 4.78 is 10.9. The van der Waals surface area contributed by atoms with Gasteiger partial charge >= 0.3 is 5.97 Å². The number of ketones is 1. The van der Waals surface area contributed by atoms with E-state index in [0.29, 0.717) is 23.3 Å². The molecule has 4 nitrogen and oxygen atoms in total. The fourth-order valence-corrected chi connectivity index (χ4v) is 5.03. The smallest absolute Gasteiger partial charge is 0.337 e. The van der Waals surface area contributed by atoms with Crippen LogP contribution in [0.5, 0.6) is 5.75 Å². The Hall–Kier alpha value is -3.40. The standard InChI is InChI=1S/C31H34O4/c1-7-35-27-19-26-25(30(2,3)16-17-31(26,4)5)18-24(27)22-10-8-9-11-23(22)28(32)20-12-14-21(15-13-20)29(33)34-6/h8-15,18-19H,7,16-17H2,1-6H3. The summed E-state index contributed by atoms with van der Waals surface area (Å²) in [5.74, 6) is 0.278. The van der Waals surface area contributed by atoms with Crippen molar-refractivity contribution in [1.82, 2.24) is 0 Å². The van der Waals surface area contributed by atoms with Gasteiger partial charge in [0.05, 0.1) is 19.3 Å². The van der Waals surface area contributed by atoms with E-state index in [9.17, 15) is 9.59 Å². The van der Waals surface area contributed by atoms with Gasteiger partial charge in [-0.1, -0.05) is 64.1 Å². The summed E-state index contributed by atoms with van der Waals surface area (Å²) in [6.45, 7) is 11.7. The molecule has 0 aromatic heterocycles. The molecule has 0 fully saturated rings. The first-order chi connectivity index (χ1) is 16.6. The van der Waals surface area contributed by atoms with E-state index in [1.54, 1.807) is 24.3 Å². The Bertz CT molecular complexity index is 1270. The van der Waals surface area contributed by atoms with Crippen LogP contribution in [0.4, 0.5) is 0 Å². The fraction of sp³-hybridized carbons (Fsp3) is 0.355. The third kappa shape index (κ3) is 4.62. The van der Waals surface area contributed by atoms with Gasteiger partial charge in [-0.2, -0.15) is 0 Å². The largest absolute Gasteiger partial charge is 0.493 e. The number of hydrogen-bond acceptors (Lipinski definition) is 4. The van der Waals surface area contributed by atoms with Gasteiger partial charge in [0.2, 0.25) is 0 Å². The van der Waals surface area contributed by atoms with E-state index in [4.69, 9.17) is 9.47 Å². The van der Waals surface area contributed by atoms with Crippen LogP contribution >= 0.6 is 0 Å². The van der Waals surface area contributed by atoms with Crippen LogP contribution < -0.4 is 4.74 Å². The molecule has 35 heavy (non-hydrogen) atoms. The van der Waals surface area contributed by atoms with Crippen molar-refractivity contribution in [3.8, 4) is 16.9 Å². The number of hydrogen-bond donors (Lipinski definition) is 0. The van der Waals surface area contributed by atoms with E-state index < -0.39 is 5.97 Å². The highest BCUT2D eigenvalue weighted by Crippen LogP contribution is 2.49. The zero-order chi connectivity index (χ0) is 25.4. The Kier molecular flexibility index (Phi) is 6.59. The molecule has 0 amide bonds. The van der Waals surface area contributed by atoms with E-state index in [-0.39, 0.29) is 16.6 Å². The first-order valence-electron chi connectivity index (χ1n) is 12.2. The van der Waals surface area contributed by atoms with Crippen LogP contribution in [0.1, 0.15) is 84.9 Å². The second-order valence-electron chi connectivity index (χ2n) is 10.5. The van der Waals surface area contributed by atoms with Gasteiger partial charge in [0.15, 0.2) is 5.78 Å². The molecule has 0 atom stereocenters. The maximum Gasteiger partial charge on any atom is 0.337 e. The van der Waals surface area contributed by atoms with E-state index in [2.05, 4.69) is 39.8 Å². The van der Waals surface area contributed by atoms with Crippen LogP contribution in [-0.4, -0.2) is 25.5 Å². The quantitative estimate of drug-likeness (QED) is 0.284. The van der Waals surface area contributed by atoms with Gasteiger partial charge in [0.25, 0.3) is 0 Å². The van der Waals surface area contributed by atoms with Crippen LogP contribution in [0, 0.1) is 0 Å². The number of carbonyl (C=O) groups excluding carboxylic acids is 2. The molecule has 3 aromatic carbocycles.